The Morgan fingerprint density at radius 3 is 2.41 bits per heavy atom. The first-order chi connectivity index (χ1) is 15.4. The molecule has 1 saturated heterocycles. The number of nitro benzene ring substituents is 1. The van der Waals surface area contributed by atoms with Crippen LogP contribution in [0.1, 0.15) is 16.7 Å². The number of carbonyl (C=O) groups excluding carboxylic acids is 2. The Morgan fingerprint density at radius 1 is 1.00 bits per heavy atom. The van der Waals surface area contributed by atoms with Gasteiger partial charge in [-0.05, 0) is 30.7 Å². The molecule has 2 amide bonds. The number of amides is 2. The van der Waals surface area contributed by atoms with E-state index in [4.69, 9.17) is 4.74 Å². The van der Waals surface area contributed by atoms with E-state index < -0.39 is 16.7 Å². The normalized spacial score (nSPS) is 14.5. The average Bonchev–Trinajstić information content (AvgIpc) is 3.08. The van der Waals surface area contributed by atoms with Crippen molar-refractivity contribution in [2.45, 2.75) is 13.5 Å². The molecule has 0 unspecified atom stereocenters. The van der Waals surface area contributed by atoms with Gasteiger partial charge in [0.1, 0.15) is 12.2 Å². The number of hydrogen-bond acceptors (Lipinski definition) is 5. The molecule has 0 radical (unpaired) electrons. The van der Waals surface area contributed by atoms with Crippen LogP contribution in [0.2, 0.25) is 0 Å². The summed E-state index contributed by atoms with van der Waals surface area (Å²) in [5.41, 5.74) is 4.80. The number of ether oxygens (including phenoxy) is 1. The van der Waals surface area contributed by atoms with Crippen molar-refractivity contribution < 1.29 is 19.2 Å². The van der Waals surface area contributed by atoms with Gasteiger partial charge in [0, 0.05) is 11.6 Å². The maximum absolute atomic E-state index is 12.9. The molecule has 1 heterocycles. The fourth-order valence-corrected chi connectivity index (χ4v) is 3.27. The van der Waals surface area contributed by atoms with E-state index in [0.29, 0.717) is 5.69 Å². The topological polar surface area (TPSA) is 102 Å². The van der Waals surface area contributed by atoms with Crippen molar-refractivity contribution in [3.05, 3.63) is 105 Å². The number of carbonyl (C=O) groups is 2. The highest BCUT2D eigenvalue weighted by molar-refractivity contribution is 6.31. The highest BCUT2D eigenvalue weighted by Crippen LogP contribution is 2.34. The van der Waals surface area contributed by atoms with Crippen molar-refractivity contribution in [1.29, 1.82) is 0 Å². The predicted molar refractivity (Wildman–Crippen MR) is 119 cm³/mol. The van der Waals surface area contributed by atoms with Crippen molar-refractivity contribution >= 4 is 29.3 Å². The molecule has 8 heteroatoms. The van der Waals surface area contributed by atoms with E-state index in [1.807, 2.05) is 31.2 Å². The van der Waals surface area contributed by atoms with Crippen molar-refractivity contribution in [3.8, 4) is 5.75 Å². The van der Waals surface area contributed by atoms with Crippen LogP contribution >= 0.6 is 0 Å². The Bertz CT molecular complexity index is 1220. The third-order valence-electron chi connectivity index (χ3n) is 4.93. The number of rotatable bonds is 6. The van der Waals surface area contributed by atoms with E-state index in [9.17, 15) is 19.7 Å². The highest BCUT2D eigenvalue weighted by Gasteiger charge is 2.35. The largest absolute Gasteiger partial charge is 0.482 e. The Kier molecular flexibility index (Phi) is 5.67. The molecule has 0 aliphatic carbocycles. The van der Waals surface area contributed by atoms with Crippen LogP contribution in [0.25, 0.3) is 6.08 Å². The van der Waals surface area contributed by atoms with Crippen LogP contribution in [0.5, 0.6) is 5.75 Å². The minimum absolute atomic E-state index is 0.00987. The number of benzene rings is 3. The van der Waals surface area contributed by atoms with Gasteiger partial charge in [0.05, 0.1) is 10.6 Å². The number of hydrogen-bond donors (Lipinski definition) is 1. The second-order valence-corrected chi connectivity index (χ2v) is 7.20. The molecular weight excluding hydrogens is 410 g/mol. The number of nitrogens with one attached hydrogen (secondary N) is 1. The lowest BCUT2D eigenvalue weighted by Gasteiger charge is -2.14. The van der Waals surface area contributed by atoms with E-state index in [1.165, 1.54) is 18.2 Å². The number of hydrazine groups is 1. The van der Waals surface area contributed by atoms with Gasteiger partial charge in [0.2, 0.25) is 5.75 Å². The molecule has 160 valence electrons. The monoisotopic (exact) mass is 429 g/mol. The van der Waals surface area contributed by atoms with E-state index in [-0.39, 0.29) is 29.2 Å². The Hall–Kier alpha value is -4.46. The van der Waals surface area contributed by atoms with Gasteiger partial charge in [-0.25, -0.2) is 5.01 Å². The molecule has 0 atom stereocenters. The van der Waals surface area contributed by atoms with Gasteiger partial charge < -0.3 is 4.74 Å². The zero-order valence-corrected chi connectivity index (χ0v) is 17.1. The lowest BCUT2D eigenvalue weighted by Crippen LogP contribution is -2.35. The first kappa shape index (κ1) is 20.8. The summed E-state index contributed by atoms with van der Waals surface area (Å²) in [6.45, 7) is 2.05. The van der Waals surface area contributed by atoms with Crippen LogP contribution in [0.4, 0.5) is 11.4 Å². The first-order valence-electron chi connectivity index (χ1n) is 9.82. The van der Waals surface area contributed by atoms with E-state index in [0.717, 1.165) is 16.1 Å². The van der Waals surface area contributed by atoms with Crippen LogP contribution in [0.15, 0.2) is 78.4 Å². The van der Waals surface area contributed by atoms with Crippen LogP contribution in [-0.2, 0) is 16.2 Å². The molecule has 1 aliphatic heterocycles. The van der Waals surface area contributed by atoms with Crippen LogP contribution in [-0.4, -0.2) is 16.7 Å². The van der Waals surface area contributed by atoms with Crippen LogP contribution < -0.4 is 15.2 Å². The standard InChI is InChI=1S/C24H19N3O5/c1-16-10-12-17(13-11-16)15-32-22-18(6-5-9-21(22)27(30)31)14-20-23(28)25-26(24(20)29)19-7-3-2-4-8-19/h2-14H,15H2,1H3,(H,25,28). The third-order valence-corrected chi connectivity index (χ3v) is 4.93. The summed E-state index contributed by atoms with van der Waals surface area (Å²) in [5.74, 6) is -1.17. The fraction of sp³-hybridized carbons (Fsp3) is 0.0833. The summed E-state index contributed by atoms with van der Waals surface area (Å²) >= 11 is 0. The molecule has 1 aliphatic rings. The fourth-order valence-electron chi connectivity index (χ4n) is 3.27. The second kappa shape index (κ2) is 8.73. The van der Waals surface area contributed by atoms with Gasteiger partial charge in [-0.15, -0.1) is 0 Å². The van der Waals surface area contributed by atoms with Crippen molar-refractivity contribution in [2.75, 3.05) is 5.01 Å². The maximum atomic E-state index is 12.9. The summed E-state index contributed by atoms with van der Waals surface area (Å²) in [6.07, 6.45) is 1.32. The molecule has 32 heavy (non-hydrogen) atoms. The van der Waals surface area contributed by atoms with Crippen LogP contribution in [0.3, 0.4) is 0 Å². The maximum Gasteiger partial charge on any atom is 0.311 e. The Balaban J connectivity index is 1.68. The summed E-state index contributed by atoms with van der Waals surface area (Å²) < 4.78 is 5.80. The molecule has 1 N–H and O–H groups in total. The van der Waals surface area contributed by atoms with E-state index >= 15 is 0 Å². The lowest BCUT2D eigenvalue weighted by atomic mass is 10.1. The molecule has 0 aromatic heterocycles. The molecule has 1 fully saturated rings. The smallest absolute Gasteiger partial charge is 0.311 e. The molecule has 8 nitrogen and oxygen atoms in total. The zero-order chi connectivity index (χ0) is 22.7. The van der Waals surface area contributed by atoms with Crippen molar-refractivity contribution in [1.82, 2.24) is 5.43 Å². The quantitative estimate of drug-likeness (QED) is 0.277. The molecule has 4 rings (SSSR count). The van der Waals surface area contributed by atoms with Gasteiger partial charge in [0.25, 0.3) is 11.8 Å². The Morgan fingerprint density at radius 2 is 1.72 bits per heavy atom. The average molecular weight is 429 g/mol. The molecule has 3 aromatic carbocycles. The number of aryl methyl sites for hydroxylation is 1. The van der Waals surface area contributed by atoms with Crippen molar-refractivity contribution in [3.63, 3.8) is 0 Å². The summed E-state index contributed by atoms with van der Waals surface area (Å²) in [5, 5.41) is 12.7. The van der Waals surface area contributed by atoms with Gasteiger partial charge >= 0.3 is 5.69 Å². The number of nitrogens with zero attached hydrogens (tertiary/aromatic N) is 2. The van der Waals surface area contributed by atoms with Gasteiger partial charge in [-0.1, -0.05) is 60.2 Å². The molecule has 0 bridgehead atoms. The first-order valence-corrected chi connectivity index (χ1v) is 9.82. The number of para-hydroxylation sites is 2. The second-order valence-electron chi connectivity index (χ2n) is 7.20. The number of anilines is 1. The molecular formula is C24H19N3O5. The lowest BCUT2D eigenvalue weighted by molar-refractivity contribution is -0.386. The van der Waals surface area contributed by atoms with Gasteiger partial charge in [-0.2, -0.15) is 0 Å². The van der Waals surface area contributed by atoms with Crippen LogP contribution in [0, 0.1) is 17.0 Å². The minimum atomic E-state index is -0.602. The minimum Gasteiger partial charge on any atom is -0.482 e. The van der Waals surface area contributed by atoms with Crippen molar-refractivity contribution in [2.24, 2.45) is 0 Å². The molecule has 3 aromatic rings. The third kappa shape index (κ3) is 4.20. The summed E-state index contributed by atoms with van der Waals surface area (Å²) in [4.78, 5) is 36.4. The zero-order valence-electron chi connectivity index (χ0n) is 17.1. The van der Waals surface area contributed by atoms with E-state index in [2.05, 4.69) is 5.43 Å². The molecule has 0 spiro atoms. The number of nitro groups is 1. The predicted octanol–water partition coefficient (Wildman–Crippen LogP) is 3.94. The summed E-state index contributed by atoms with van der Waals surface area (Å²) in [6, 6.07) is 20.6. The van der Waals surface area contributed by atoms with Gasteiger partial charge in [0.15, 0.2) is 0 Å². The van der Waals surface area contributed by atoms with Gasteiger partial charge in [-0.3, -0.25) is 25.1 Å². The SMILES string of the molecule is Cc1ccc(COc2c(C=C3C(=O)NN(c4ccccc4)C3=O)cccc2[N+](=O)[O-])cc1. The molecule has 0 saturated carbocycles. The highest BCUT2D eigenvalue weighted by atomic mass is 16.6. The summed E-state index contributed by atoms with van der Waals surface area (Å²) in [7, 11) is 0. The Labute approximate surface area is 183 Å². The van der Waals surface area contributed by atoms with E-state index in [1.54, 1.807) is 36.4 Å².